The van der Waals surface area contributed by atoms with Crippen LogP contribution in [0, 0.1) is 0 Å². The summed E-state index contributed by atoms with van der Waals surface area (Å²) in [5.74, 6) is 0.802. The van der Waals surface area contributed by atoms with Gasteiger partial charge < -0.3 is 10.1 Å². The molecule has 2 rings (SSSR count). The summed E-state index contributed by atoms with van der Waals surface area (Å²) in [6.07, 6.45) is 0. The van der Waals surface area contributed by atoms with E-state index in [-0.39, 0.29) is 5.78 Å². The van der Waals surface area contributed by atoms with E-state index in [2.05, 4.69) is 57.5 Å². The summed E-state index contributed by atoms with van der Waals surface area (Å²) in [6, 6.07) is 9.96. The number of hydrogen-bond acceptors (Lipinski definition) is 5. The van der Waals surface area contributed by atoms with Crippen LogP contribution in [0.15, 0.2) is 40.2 Å². The molecule has 2 aromatic rings. The van der Waals surface area contributed by atoms with E-state index in [1.54, 1.807) is 24.5 Å². The molecule has 1 heterocycles. The van der Waals surface area contributed by atoms with Crippen LogP contribution in [0.1, 0.15) is 35.1 Å². The minimum atomic E-state index is 0.0767. The second-order valence-corrected chi connectivity index (χ2v) is 7.49. The molecular formula is C19H25BrN2O2S. The Kier molecular flexibility index (Phi) is 8.09. The van der Waals surface area contributed by atoms with Gasteiger partial charge in [-0.25, -0.2) is 0 Å². The molecule has 0 spiro atoms. The number of ketones is 1. The molecule has 0 aliphatic rings. The quantitative estimate of drug-likeness (QED) is 0.574. The van der Waals surface area contributed by atoms with Gasteiger partial charge in [0.05, 0.1) is 24.2 Å². The van der Waals surface area contributed by atoms with Crippen molar-refractivity contribution in [3.63, 3.8) is 0 Å². The highest BCUT2D eigenvalue weighted by Crippen LogP contribution is 2.26. The third-order valence-electron chi connectivity index (χ3n) is 4.22. The second-order valence-electron chi connectivity index (χ2n) is 5.66. The second kappa shape index (κ2) is 10.1. The molecule has 0 bridgehead atoms. The molecule has 0 fully saturated rings. The van der Waals surface area contributed by atoms with Crippen molar-refractivity contribution >= 4 is 33.0 Å². The van der Waals surface area contributed by atoms with E-state index < -0.39 is 0 Å². The number of hydrogen-bond donors (Lipinski definition) is 1. The van der Waals surface area contributed by atoms with Crippen molar-refractivity contribution in [1.29, 1.82) is 0 Å². The molecule has 1 aromatic heterocycles. The largest absolute Gasteiger partial charge is 0.496 e. The number of halogens is 1. The van der Waals surface area contributed by atoms with Gasteiger partial charge in [0.2, 0.25) is 0 Å². The van der Waals surface area contributed by atoms with E-state index in [0.717, 1.165) is 29.9 Å². The van der Waals surface area contributed by atoms with Crippen LogP contribution in [0.3, 0.4) is 0 Å². The van der Waals surface area contributed by atoms with Crippen molar-refractivity contribution in [2.45, 2.75) is 19.9 Å². The van der Waals surface area contributed by atoms with Gasteiger partial charge in [-0.3, -0.25) is 9.69 Å². The summed E-state index contributed by atoms with van der Waals surface area (Å²) in [5.41, 5.74) is 0.677. The lowest BCUT2D eigenvalue weighted by molar-refractivity contribution is 0.0987. The summed E-state index contributed by atoms with van der Waals surface area (Å²) in [4.78, 5) is 16.2. The molecule has 0 radical (unpaired) electrons. The van der Waals surface area contributed by atoms with Crippen molar-refractivity contribution in [2.75, 3.05) is 33.3 Å². The first-order valence-electron chi connectivity index (χ1n) is 8.45. The van der Waals surface area contributed by atoms with Crippen LogP contribution in [-0.2, 0) is 0 Å². The van der Waals surface area contributed by atoms with E-state index in [4.69, 9.17) is 4.74 Å². The Hall–Kier alpha value is -1.21. The molecule has 0 saturated heterocycles. The van der Waals surface area contributed by atoms with Crippen LogP contribution in [-0.4, -0.2) is 44.0 Å². The predicted molar refractivity (Wildman–Crippen MR) is 108 cm³/mol. The van der Waals surface area contributed by atoms with E-state index in [0.29, 0.717) is 18.2 Å². The molecule has 4 nitrogen and oxygen atoms in total. The standard InChI is InChI=1S/C19H25BrN2O2S/c1-4-22(5-2)16(19-7-6-10-25-19)12-21-13-17(23)14-8-9-18(24-3)15(20)11-14/h6-11,16,21H,4-5,12-13H2,1-3H3. The third-order valence-corrected chi connectivity index (χ3v) is 5.82. The summed E-state index contributed by atoms with van der Waals surface area (Å²) >= 11 is 5.19. The van der Waals surface area contributed by atoms with Crippen molar-refractivity contribution in [1.82, 2.24) is 10.2 Å². The Bertz CT molecular complexity index is 672. The van der Waals surface area contributed by atoms with Gasteiger partial charge in [-0.05, 0) is 58.7 Å². The first kappa shape index (κ1) is 20.1. The fourth-order valence-electron chi connectivity index (χ4n) is 2.82. The Morgan fingerprint density at radius 3 is 2.64 bits per heavy atom. The number of carbonyl (C=O) groups excluding carboxylic acids is 1. The van der Waals surface area contributed by atoms with Gasteiger partial charge in [0.1, 0.15) is 5.75 Å². The number of Topliss-reactive ketones (excluding diaryl/α,β-unsaturated/α-hetero) is 1. The minimum Gasteiger partial charge on any atom is -0.496 e. The maximum atomic E-state index is 12.4. The van der Waals surface area contributed by atoms with Crippen LogP contribution < -0.4 is 10.1 Å². The molecule has 1 unspecified atom stereocenters. The molecular weight excluding hydrogens is 400 g/mol. The third kappa shape index (κ3) is 5.38. The van der Waals surface area contributed by atoms with E-state index in [1.807, 2.05) is 12.1 Å². The SMILES string of the molecule is CCN(CC)C(CNCC(=O)c1ccc(OC)c(Br)c1)c1cccs1. The monoisotopic (exact) mass is 424 g/mol. The number of likely N-dealkylation sites (N-methyl/N-ethyl adjacent to an activating group) is 1. The van der Waals surface area contributed by atoms with Crippen molar-refractivity contribution in [3.8, 4) is 5.75 Å². The van der Waals surface area contributed by atoms with Crippen molar-refractivity contribution < 1.29 is 9.53 Å². The highest BCUT2D eigenvalue weighted by molar-refractivity contribution is 9.10. The Labute approximate surface area is 162 Å². The molecule has 6 heteroatoms. The zero-order chi connectivity index (χ0) is 18.2. The number of carbonyl (C=O) groups is 1. The lowest BCUT2D eigenvalue weighted by atomic mass is 10.1. The average molecular weight is 425 g/mol. The highest BCUT2D eigenvalue weighted by Gasteiger charge is 2.19. The molecule has 1 N–H and O–H groups in total. The lowest BCUT2D eigenvalue weighted by Crippen LogP contribution is -2.37. The molecule has 1 aromatic carbocycles. The van der Waals surface area contributed by atoms with Gasteiger partial charge in [0, 0.05) is 17.0 Å². The molecule has 0 saturated carbocycles. The topological polar surface area (TPSA) is 41.6 Å². The number of nitrogens with one attached hydrogen (secondary N) is 1. The fourth-order valence-corrected chi connectivity index (χ4v) is 4.22. The molecule has 1 atom stereocenters. The number of ether oxygens (including phenoxy) is 1. The first-order chi connectivity index (χ1) is 12.1. The van der Waals surface area contributed by atoms with Gasteiger partial charge in [0.15, 0.2) is 5.78 Å². The number of thiophene rings is 1. The summed E-state index contributed by atoms with van der Waals surface area (Å²) < 4.78 is 6.00. The van der Waals surface area contributed by atoms with Crippen LogP contribution in [0.5, 0.6) is 5.75 Å². The van der Waals surface area contributed by atoms with Gasteiger partial charge in [-0.2, -0.15) is 0 Å². The van der Waals surface area contributed by atoms with E-state index in [1.165, 1.54) is 4.88 Å². The molecule has 0 amide bonds. The van der Waals surface area contributed by atoms with Crippen LogP contribution in [0.4, 0.5) is 0 Å². The average Bonchev–Trinajstić information content (AvgIpc) is 3.15. The number of rotatable bonds is 10. The summed E-state index contributed by atoms with van der Waals surface area (Å²) in [5, 5.41) is 5.44. The Morgan fingerprint density at radius 2 is 2.08 bits per heavy atom. The molecule has 0 aliphatic carbocycles. The lowest BCUT2D eigenvalue weighted by Gasteiger charge is -2.29. The zero-order valence-corrected chi connectivity index (χ0v) is 17.3. The minimum absolute atomic E-state index is 0.0767. The Balaban J connectivity index is 1.97. The van der Waals surface area contributed by atoms with Crippen LogP contribution in [0.25, 0.3) is 0 Å². The number of methoxy groups -OCH3 is 1. The number of benzene rings is 1. The van der Waals surface area contributed by atoms with Gasteiger partial charge in [-0.1, -0.05) is 19.9 Å². The normalized spacial score (nSPS) is 12.4. The van der Waals surface area contributed by atoms with Crippen LogP contribution in [0.2, 0.25) is 0 Å². The molecule has 136 valence electrons. The van der Waals surface area contributed by atoms with Gasteiger partial charge in [-0.15, -0.1) is 11.3 Å². The van der Waals surface area contributed by atoms with Crippen LogP contribution >= 0.6 is 27.3 Å². The zero-order valence-electron chi connectivity index (χ0n) is 14.9. The van der Waals surface area contributed by atoms with E-state index in [9.17, 15) is 4.79 Å². The van der Waals surface area contributed by atoms with E-state index >= 15 is 0 Å². The summed E-state index contributed by atoms with van der Waals surface area (Å²) in [7, 11) is 1.61. The predicted octanol–water partition coefficient (Wildman–Crippen LogP) is 4.37. The first-order valence-corrected chi connectivity index (χ1v) is 10.1. The maximum Gasteiger partial charge on any atom is 0.176 e. The van der Waals surface area contributed by atoms with Crippen molar-refractivity contribution in [2.24, 2.45) is 0 Å². The summed E-state index contributed by atoms with van der Waals surface area (Å²) in [6.45, 7) is 7.39. The smallest absolute Gasteiger partial charge is 0.176 e. The fraction of sp³-hybridized carbons (Fsp3) is 0.421. The molecule has 0 aliphatic heterocycles. The van der Waals surface area contributed by atoms with Gasteiger partial charge in [0.25, 0.3) is 0 Å². The highest BCUT2D eigenvalue weighted by atomic mass is 79.9. The van der Waals surface area contributed by atoms with Gasteiger partial charge >= 0.3 is 0 Å². The Morgan fingerprint density at radius 1 is 1.32 bits per heavy atom. The number of nitrogens with zero attached hydrogens (tertiary/aromatic N) is 1. The van der Waals surface area contributed by atoms with Crippen molar-refractivity contribution in [3.05, 3.63) is 50.6 Å². The maximum absolute atomic E-state index is 12.4. The molecule has 25 heavy (non-hydrogen) atoms.